The molecule has 2 heterocycles. The number of hydrogen-bond acceptors (Lipinski definition) is 8. The molecule has 9 heteroatoms. The van der Waals surface area contributed by atoms with Gasteiger partial charge in [0.1, 0.15) is 12.4 Å². The van der Waals surface area contributed by atoms with E-state index < -0.39 is 0 Å². The van der Waals surface area contributed by atoms with Crippen LogP contribution >= 0.6 is 11.3 Å². The van der Waals surface area contributed by atoms with Crippen LogP contribution in [0.2, 0.25) is 0 Å². The lowest BCUT2D eigenvalue weighted by Gasteiger charge is -2.03. The average Bonchev–Trinajstić information content (AvgIpc) is 3.28. The van der Waals surface area contributed by atoms with Gasteiger partial charge < -0.3 is 19.3 Å². The maximum Gasteiger partial charge on any atom is 0.305 e. The third-order valence-electron chi connectivity index (χ3n) is 3.71. The summed E-state index contributed by atoms with van der Waals surface area (Å²) in [6, 6.07) is 7.22. The number of benzene rings is 1. The molecule has 0 fully saturated rings. The summed E-state index contributed by atoms with van der Waals surface area (Å²) in [4.78, 5) is 27.4. The molecular weight excluding hydrogens is 370 g/mol. The van der Waals surface area contributed by atoms with Gasteiger partial charge in [0.25, 0.3) is 5.91 Å². The number of thiazole rings is 1. The second-order valence-electron chi connectivity index (χ2n) is 5.77. The zero-order chi connectivity index (χ0) is 19.2. The first-order valence-corrected chi connectivity index (χ1v) is 9.17. The molecule has 0 aliphatic heterocycles. The number of carbonyl (C=O) groups is 2. The lowest BCUT2D eigenvalue weighted by Crippen LogP contribution is -2.25. The Hall–Kier alpha value is -2.94. The summed E-state index contributed by atoms with van der Waals surface area (Å²) in [7, 11) is 1.33. The van der Waals surface area contributed by atoms with Crippen molar-refractivity contribution in [3.05, 3.63) is 40.7 Å². The fourth-order valence-corrected chi connectivity index (χ4v) is 3.19. The first-order valence-electron chi connectivity index (χ1n) is 8.36. The molecule has 2 aromatic heterocycles. The number of hydrogen-bond donors (Lipinski definition) is 1. The molecule has 0 saturated heterocycles. The molecular formula is C18H19N3O5S. The number of amides is 1. The van der Waals surface area contributed by atoms with Gasteiger partial charge >= 0.3 is 5.97 Å². The van der Waals surface area contributed by atoms with E-state index in [9.17, 15) is 9.59 Å². The minimum Gasteiger partial charge on any atom is -0.485 e. The largest absolute Gasteiger partial charge is 0.485 e. The van der Waals surface area contributed by atoms with Gasteiger partial charge in [-0.1, -0.05) is 5.16 Å². The maximum absolute atomic E-state index is 12.0. The molecule has 1 amide bonds. The van der Waals surface area contributed by atoms with Crippen LogP contribution in [0.1, 0.15) is 34.1 Å². The summed E-state index contributed by atoms with van der Waals surface area (Å²) in [5.74, 6) is 0.424. The molecule has 3 aromatic rings. The van der Waals surface area contributed by atoms with E-state index in [4.69, 9.17) is 9.26 Å². The van der Waals surface area contributed by atoms with E-state index in [1.54, 1.807) is 11.3 Å². The van der Waals surface area contributed by atoms with Gasteiger partial charge in [0.2, 0.25) is 0 Å². The summed E-state index contributed by atoms with van der Waals surface area (Å²) in [5.41, 5.74) is 1.05. The first kappa shape index (κ1) is 18.8. The molecule has 0 atom stereocenters. The van der Waals surface area contributed by atoms with E-state index in [2.05, 4.69) is 20.2 Å². The number of esters is 1. The van der Waals surface area contributed by atoms with Crippen molar-refractivity contribution in [3.8, 4) is 5.75 Å². The van der Waals surface area contributed by atoms with Crippen molar-refractivity contribution in [2.75, 3.05) is 13.7 Å². The number of aryl methyl sites for hydroxylation is 1. The van der Waals surface area contributed by atoms with Gasteiger partial charge in [-0.3, -0.25) is 9.59 Å². The lowest BCUT2D eigenvalue weighted by atomic mass is 10.3. The van der Waals surface area contributed by atoms with Crippen molar-refractivity contribution in [2.45, 2.75) is 26.4 Å². The predicted octanol–water partition coefficient (Wildman–Crippen LogP) is 2.85. The van der Waals surface area contributed by atoms with E-state index in [1.807, 2.05) is 25.1 Å². The third kappa shape index (κ3) is 5.04. The molecule has 142 valence electrons. The van der Waals surface area contributed by atoms with Crippen molar-refractivity contribution in [1.29, 1.82) is 0 Å². The fraction of sp³-hybridized carbons (Fsp3) is 0.333. The molecule has 0 aliphatic carbocycles. The molecule has 0 unspecified atom stereocenters. The van der Waals surface area contributed by atoms with Crippen LogP contribution in [0.15, 0.2) is 28.8 Å². The monoisotopic (exact) mass is 389 g/mol. The number of ether oxygens (including phenoxy) is 2. The first-order chi connectivity index (χ1) is 13.0. The van der Waals surface area contributed by atoms with Crippen LogP contribution in [0.25, 0.3) is 10.2 Å². The van der Waals surface area contributed by atoms with Gasteiger partial charge in [-0.25, -0.2) is 4.98 Å². The highest BCUT2D eigenvalue weighted by atomic mass is 32.1. The molecule has 8 nitrogen and oxygen atoms in total. The van der Waals surface area contributed by atoms with Crippen LogP contribution in [0.3, 0.4) is 0 Å². The van der Waals surface area contributed by atoms with E-state index >= 15 is 0 Å². The maximum atomic E-state index is 12.0. The fourth-order valence-electron chi connectivity index (χ4n) is 2.38. The Morgan fingerprint density at radius 1 is 1.30 bits per heavy atom. The van der Waals surface area contributed by atoms with Crippen LogP contribution in [0, 0.1) is 6.92 Å². The quantitative estimate of drug-likeness (QED) is 0.467. The molecule has 0 bridgehead atoms. The zero-order valence-electron chi connectivity index (χ0n) is 15.0. The van der Waals surface area contributed by atoms with Crippen molar-refractivity contribution in [2.24, 2.45) is 0 Å². The molecule has 0 spiro atoms. The van der Waals surface area contributed by atoms with Crippen molar-refractivity contribution >= 4 is 33.4 Å². The Morgan fingerprint density at radius 2 is 2.15 bits per heavy atom. The number of carbonyl (C=O) groups excluding carboxylic acids is 2. The number of nitrogens with zero attached hydrogens (tertiary/aromatic N) is 2. The normalized spacial score (nSPS) is 10.7. The standard InChI is InChI=1S/C18H19N3O5S/c1-11-20-14-8-12(5-6-16(14)27-11)25-10-13-9-15(21-26-13)18(23)19-7-3-4-17(22)24-2/h5-6,8-9H,3-4,7,10H2,1-2H3,(H,19,23). The van der Waals surface area contributed by atoms with E-state index in [-0.39, 0.29) is 30.6 Å². The smallest absolute Gasteiger partial charge is 0.305 e. The number of nitrogens with one attached hydrogen (secondary N) is 1. The van der Waals surface area contributed by atoms with Crippen LogP contribution in [0.5, 0.6) is 5.75 Å². The molecule has 1 N–H and O–H groups in total. The number of fused-ring (bicyclic) bond motifs is 1. The highest BCUT2D eigenvalue weighted by Crippen LogP contribution is 2.26. The average molecular weight is 389 g/mol. The second-order valence-corrected chi connectivity index (χ2v) is 7.00. The van der Waals surface area contributed by atoms with E-state index in [1.165, 1.54) is 13.2 Å². The molecule has 27 heavy (non-hydrogen) atoms. The Labute approximate surface area is 159 Å². The predicted molar refractivity (Wildman–Crippen MR) is 98.8 cm³/mol. The molecule has 0 saturated carbocycles. The Morgan fingerprint density at radius 3 is 2.96 bits per heavy atom. The number of aromatic nitrogens is 2. The number of rotatable bonds is 8. The summed E-state index contributed by atoms with van der Waals surface area (Å²) in [6.07, 6.45) is 0.738. The Balaban J connectivity index is 1.49. The van der Waals surface area contributed by atoms with Gasteiger partial charge in [-0.2, -0.15) is 0 Å². The van der Waals surface area contributed by atoms with Gasteiger partial charge in [0.15, 0.2) is 11.5 Å². The SMILES string of the molecule is COC(=O)CCCNC(=O)c1cc(COc2ccc3sc(C)nc3c2)on1. The highest BCUT2D eigenvalue weighted by molar-refractivity contribution is 7.18. The minimum absolute atomic E-state index is 0.150. The van der Waals surface area contributed by atoms with Crippen molar-refractivity contribution in [1.82, 2.24) is 15.5 Å². The summed E-state index contributed by atoms with van der Waals surface area (Å²) in [6.45, 7) is 2.46. The van der Waals surface area contributed by atoms with E-state index in [0.29, 0.717) is 24.5 Å². The molecule has 3 rings (SSSR count). The second kappa shape index (κ2) is 8.63. The molecule has 0 radical (unpaired) electrons. The van der Waals surface area contributed by atoms with Crippen LogP contribution in [-0.4, -0.2) is 35.7 Å². The third-order valence-corrected chi connectivity index (χ3v) is 4.66. The van der Waals surface area contributed by atoms with Crippen LogP contribution in [-0.2, 0) is 16.1 Å². The Bertz CT molecular complexity index is 950. The van der Waals surface area contributed by atoms with Gasteiger partial charge in [0, 0.05) is 25.1 Å². The zero-order valence-corrected chi connectivity index (χ0v) is 15.8. The van der Waals surface area contributed by atoms with Crippen molar-refractivity contribution in [3.63, 3.8) is 0 Å². The van der Waals surface area contributed by atoms with E-state index in [0.717, 1.165) is 15.2 Å². The Kier molecular flexibility index (Phi) is 6.02. The van der Waals surface area contributed by atoms with Gasteiger partial charge in [-0.15, -0.1) is 11.3 Å². The molecule has 1 aromatic carbocycles. The highest BCUT2D eigenvalue weighted by Gasteiger charge is 2.13. The van der Waals surface area contributed by atoms with Gasteiger partial charge in [-0.05, 0) is 25.5 Å². The van der Waals surface area contributed by atoms with Crippen molar-refractivity contribution < 1.29 is 23.6 Å². The summed E-state index contributed by atoms with van der Waals surface area (Å²) >= 11 is 1.63. The van der Waals surface area contributed by atoms with Crippen LogP contribution < -0.4 is 10.1 Å². The topological polar surface area (TPSA) is 104 Å². The summed E-state index contributed by atoms with van der Waals surface area (Å²) in [5, 5.41) is 7.41. The number of methoxy groups -OCH3 is 1. The lowest BCUT2D eigenvalue weighted by molar-refractivity contribution is -0.140. The van der Waals surface area contributed by atoms with Gasteiger partial charge in [0.05, 0.1) is 22.3 Å². The summed E-state index contributed by atoms with van der Waals surface area (Å²) < 4.78 is 16.5. The van der Waals surface area contributed by atoms with Crippen LogP contribution in [0.4, 0.5) is 0 Å². The minimum atomic E-state index is -0.366. The molecule has 0 aliphatic rings.